The number of amides is 1. The number of ether oxygens (including phenoxy) is 2. The van der Waals surface area contributed by atoms with E-state index in [1.54, 1.807) is 18.2 Å². The summed E-state index contributed by atoms with van der Waals surface area (Å²) in [6.07, 6.45) is 0. The number of rotatable bonds is 7. The average molecular weight is 269 g/mol. The van der Waals surface area contributed by atoms with Crippen LogP contribution in [0.5, 0.6) is 11.5 Å². The molecule has 0 saturated heterocycles. The molecule has 1 aromatic carbocycles. The first-order chi connectivity index (χ1) is 9.15. The quantitative estimate of drug-likeness (QED) is 0.657. The molecule has 0 aliphatic heterocycles. The highest BCUT2D eigenvalue weighted by molar-refractivity contribution is 5.95. The largest absolute Gasteiger partial charge is 0.493 e. The van der Waals surface area contributed by atoms with E-state index in [4.69, 9.17) is 19.7 Å². The van der Waals surface area contributed by atoms with Gasteiger partial charge in [-0.3, -0.25) is 4.79 Å². The Bertz CT molecular complexity index is 417. The Morgan fingerprint density at radius 1 is 1.32 bits per heavy atom. The predicted molar refractivity (Wildman–Crippen MR) is 69.6 cm³/mol. The van der Waals surface area contributed by atoms with E-state index in [0.29, 0.717) is 23.7 Å². The van der Waals surface area contributed by atoms with Gasteiger partial charge in [-0.05, 0) is 25.1 Å². The Balaban J connectivity index is 2.88. The van der Waals surface area contributed by atoms with Crippen LogP contribution in [0, 0.1) is 0 Å². The van der Waals surface area contributed by atoms with Crippen LogP contribution in [0.4, 0.5) is 0 Å². The number of carbonyl (C=O) groups is 1. The van der Waals surface area contributed by atoms with E-state index in [1.165, 1.54) is 7.11 Å². The van der Waals surface area contributed by atoms with Crippen LogP contribution in [0.15, 0.2) is 18.2 Å². The molecule has 3 N–H and O–H groups in total. The Morgan fingerprint density at radius 2 is 2.00 bits per heavy atom. The summed E-state index contributed by atoms with van der Waals surface area (Å²) in [6.45, 7) is 1.64. The van der Waals surface area contributed by atoms with E-state index < -0.39 is 11.9 Å². The summed E-state index contributed by atoms with van der Waals surface area (Å²) in [4.78, 5) is 11.9. The van der Waals surface area contributed by atoms with Gasteiger partial charge in [0.05, 0.1) is 33.0 Å². The molecular weight excluding hydrogens is 250 g/mol. The summed E-state index contributed by atoms with van der Waals surface area (Å²) in [6, 6.07) is 4.10. The first kappa shape index (κ1) is 15.3. The van der Waals surface area contributed by atoms with Gasteiger partial charge in [0.1, 0.15) is 0 Å². The summed E-state index contributed by atoms with van der Waals surface area (Å²) >= 11 is 0. The summed E-state index contributed by atoms with van der Waals surface area (Å²) in [5.41, 5.74) is 0.371. The highest BCUT2D eigenvalue weighted by Gasteiger charge is 2.14. The van der Waals surface area contributed by atoms with Gasteiger partial charge >= 0.3 is 0 Å². The second-order valence-corrected chi connectivity index (χ2v) is 3.83. The molecule has 0 saturated carbocycles. The van der Waals surface area contributed by atoms with Crippen molar-refractivity contribution in [3.8, 4) is 11.5 Å². The van der Waals surface area contributed by atoms with Crippen molar-refractivity contribution < 1.29 is 24.5 Å². The predicted octanol–water partition coefficient (Wildman–Crippen LogP) is 0.177. The molecule has 6 nitrogen and oxygen atoms in total. The van der Waals surface area contributed by atoms with Gasteiger partial charge in [-0.15, -0.1) is 0 Å². The molecule has 106 valence electrons. The number of methoxy groups -OCH3 is 1. The zero-order valence-electron chi connectivity index (χ0n) is 11.0. The van der Waals surface area contributed by atoms with Gasteiger partial charge in [0.25, 0.3) is 5.91 Å². The number of hydrogen-bond acceptors (Lipinski definition) is 5. The second-order valence-electron chi connectivity index (χ2n) is 3.83. The molecule has 0 aliphatic rings. The fourth-order valence-electron chi connectivity index (χ4n) is 1.50. The minimum absolute atomic E-state index is 0.323. The minimum Gasteiger partial charge on any atom is -0.493 e. The van der Waals surface area contributed by atoms with E-state index >= 15 is 0 Å². The number of carbonyl (C=O) groups excluding carboxylic acids is 1. The molecule has 6 heteroatoms. The van der Waals surface area contributed by atoms with Gasteiger partial charge in [-0.25, -0.2) is 0 Å². The van der Waals surface area contributed by atoms with E-state index in [9.17, 15) is 4.79 Å². The maximum atomic E-state index is 11.9. The molecule has 0 bridgehead atoms. The Labute approximate surface area is 112 Å². The normalized spacial score (nSPS) is 10.4. The highest BCUT2D eigenvalue weighted by Crippen LogP contribution is 2.27. The summed E-state index contributed by atoms with van der Waals surface area (Å²) in [5.74, 6) is 0.623. The number of aliphatic hydroxyl groups excluding tert-OH is 2. The molecule has 0 fully saturated rings. The molecule has 0 heterocycles. The van der Waals surface area contributed by atoms with Gasteiger partial charge < -0.3 is 25.0 Å². The van der Waals surface area contributed by atoms with Gasteiger partial charge in [-0.1, -0.05) is 0 Å². The fraction of sp³-hybridized carbons (Fsp3) is 0.462. The van der Waals surface area contributed by atoms with Crippen LogP contribution in [-0.2, 0) is 0 Å². The smallest absolute Gasteiger partial charge is 0.251 e. The molecule has 1 aromatic rings. The zero-order valence-corrected chi connectivity index (χ0v) is 11.0. The standard InChI is InChI=1S/C13H19NO5/c1-3-19-12-6-9(4-5-11(12)18-2)13(17)14-10(7-15)8-16/h4-6,10,15-16H,3,7-8H2,1-2H3,(H,14,17). The molecule has 0 aliphatic carbocycles. The zero-order chi connectivity index (χ0) is 14.3. The molecule has 0 unspecified atom stereocenters. The van der Waals surface area contributed by atoms with Crippen LogP contribution in [0.2, 0.25) is 0 Å². The van der Waals surface area contributed by atoms with Gasteiger partial charge in [0, 0.05) is 5.56 Å². The monoisotopic (exact) mass is 269 g/mol. The van der Waals surface area contributed by atoms with Crippen molar-refractivity contribution in [1.82, 2.24) is 5.32 Å². The third kappa shape index (κ3) is 4.11. The summed E-state index contributed by atoms with van der Waals surface area (Å²) in [7, 11) is 1.52. The Kier molecular flexibility index (Phi) is 6.11. The van der Waals surface area contributed by atoms with Crippen LogP contribution in [0.1, 0.15) is 17.3 Å². The lowest BCUT2D eigenvalue weighted by Crippen LogP contribution is -2.40. The highest BCUT2D eigenvalue weighted by atomic mass is 16.5. The molecule has 1 rings (SSSR count). The van der Waals surface area contributed by atoms with Crippen LogP contribution in [0.25, 0.3) is 0 Å². The van der Waals surface area contributed by atoms with E-state index in [0.717, 1.165) is 0 Å². The molecule has 0 aromatic heterocycles. The lowest BCUT2D eigenvalue weighted by molar-refractivity contribution is 0.0879. The Hall–Kier alpha value is -1.79. The fourth-order valence-corrected chi connectivity index (χ4v) is 1.50. The van der Waals surface area contributed by atoms with Crippen molar-refractivity contribution >= 4 is 5.91 Å². The third-order valence-electron chi connectivity index (χ3n) is 2.50. The maximum absolute atomic E-state index is 11.9. The van der Waals surface area contributed by atoms with Crippen LogP contribution < -0.4 is 14.8 Å². The van der Waals surface area contributed by atoms with Crippen molar-refractivity contribution in [2.45, 2.75) is 13.0 Å². The second kappa shape index (κ2) is 7.60. The van der Waals surface area contributed by atoms with E-state index in [2.05, 4.69) is 5.32 Å². The van der Waals surface area contributed by atoms with Crippen molar-refractivity contribution in [1.29, 1.82) is 0 Å². The topological polar surface area (TPSA) is 88.0 Å². The van der Waals surface area contributed by atoms with Gasteiger partial charge in [0.15, 0.2) is 11.5 Å². The molecule has 0 spiro atoms. The Morgan fingerprint density at radius 3 is 2.53 bits per heavy atom. The number of hydrogen-bond donors (Lipinski definition) is 3. The van der Waals surface area contributed by atoms with Gasteiger partial charge in [-0.2, -0.15) is 0 Å². The van der Waals surface area contributed by atoms with E-state index in [1.807, 2.05) is 6.92 Å². The minimum atomic E-state index is -0.676. The van der Waals surface area contributed by atoms with Crippen LogP contribution >= 0.6 is 0 Å². The maximum Gasteiger partial charge on any atom is 0.251 e. The lowest BCUT2D eigenvalue weighted by Gasteiger charge is -2.15. The summed E-state index contributed by atoms with van der Waals surface area (Å²) < 4.78 is 10.5. The van der Waals surface area contributed by atoms with Crippen molar-refractivity contribution in [2.75, 3.05) is 26.9 Å². The third-order valence-corrected chi connectivity index (χ3v) is 2.50. The molecule has 1 amide bonds. The summed E-state index contributed by atoms with van der Waals surface area (Å²) in [5, 5.41) is 20.4. The average Bonchev–Trinajstić information content (AvgIpc) is 2.44. The first-order valence-corrected chi connectivity index (χ1v) is 5.99. The van der Waals surface area contributed by atoms with Crippen molar-refractivity contribution in [2.24, 2.45) is 0 Å². The van der Waals surface area contributed by atoms with E-state index in [-0.39, 0.29) is 13.2 Å². The molecular formula is C13H19NO5. The molecule has 0 radical (unpaired) electrons. The van der Waals surface area contributed by atoms with Crippen molar-refractivity contribution in [3.05, 3.63) is 23.8 Å². The van der Waals surface area contributed by atoms with Crippen LogP contribution in [0.3, 0.4) is 0 Å². The SMILES string of the molecule is CCOc1cc(C(=O)NC(CO)CO)ccc1OC. The van der Waals surface area contributed by atoms with Gasteiger partial charge in [0.2, 0.25) is 0 Å². The number of benzene rings is 1. The number of nitrogens with one attached hydrogen (secondary N) is 1. The van der Waals surface area contributed by atoms with Crippen molar-refractivity contribution in [3.63, 3.8) is 0 Å². The first-order valence-electron chi connectivity index (χ1n) is 5.99. The molecule has 0 atom stereocenters. The molecule has 19 heavy (non-hydrogen) atoms. The number of aliphatic hydroxyl groups is 2. The van der Waals surface area contributed by atoms with Crippen LogP contribution in [-0.4, -0.2) is 49.1 Å². The lowest BCUT2D eigenvalue weighted by atomic mass is 10.1.